The number of H-pyrrole nitrogens is 1. The average molecular weight is 208 g/mol. The molecule has 80 valence electrons. The smallest absolute Gasteiger partial charge is 0.303 e. The van der Waals surface area contributed by atoms with Gasteiger partial charge < -0.3 is 5.11 Å². The molecule has 0 unspecified atom stereocenters. The van der Waals surface area contributed by atoms with E-state index in [1.165, 1.54) is 0 Å². The van der Waals surface area contributed by atoms with Crippen LogP contribution in [0.2, 0.25) is 0 Å². The van der Waals surface area contributed by atoms with E-state index in [2.05, 4.69) is 15.1 Å². The SMILES string of the molecule is CCc1nc2nc(CCC(=O)O)cn2[nH]1. The van der Waals surface area contributed by atoms with Crippen LogP contribution < -0.4 is 0 Å². The fourth-order valence-corrected chi connectivity index (χ4v) is 1.38. The first kappa shape index (κ1) is 9.70. The number of hydrogen-bond acceptors (Lipinski definition) is 3. The molecule has 2 heterocycles. The molecule has 0 bridgehead atoms. The first-order valence-corrected chi connectivity index (χ1v) is 4.83. The van der Waals surface area contributed by atoms with Crippen LogP contribution in [0.4, 0.5) is 0 Å². The van der Waals surface area contributed by atoms with Gasteiger partial charge in [-0.1, -0.05) is 6.92 Å². The minimum absolute atomic E-state index is 0.0980. The van der Waals surface area contributed by atoms with E-state index < -0.39 is 5.97 Å². The second kappa shape index (κ2) is 3.72. The predicted molar refractivity (Wildman–Crippen MR) is 52.7 cm³/mol. The summed E-state index contributed by atoms with van der Waals surface area (Å²) in [7, 11) is 0. The van der Waals surface area contributed by atoms with Gasteiger partial charge >= 0.3 is 5.97 Å². The molecule has 6 heteroatoms. The lowest BCUT2D eigenvalue weighted by molar-refractivity contribution is -0.136. The highest BCUT2D eigenvalue weighted by molar-refractivity contribution is 5.67. The summed E-state index contributed by atoms with van der Waals surface area (Å²) in [5, 5.41) is 11.6. The van der Waals surface area contributed by atoms with Crippen molar-refractivity contribution in [3.8, 4) is 0 Å². The molecule has 0 radical (unpaired) electrons. The summed E-state index contributed by atoms with van der Waals surface area (Å²) in [6.45, 7) is 2.00. The molecule has 0 amide bonds. The Hall–Kier alpha value is -1.85. The van der Waals surface area contributed by atoms with Gasteiger partial charge in [-0.3, -0.25) is 9.89 Å². The summed E-state index contributed by atoms with van der Waals surface area (Å²) < 4.78 is 1.72. The van der Waals surface area contributed by atoms with Crippen LogP contribution >= 0.6 is 0 Å². The number of nitrogens with zero attached hydrogens (tertiary/aromatic N) is 3. The Balaban J connectivity index is 2.17. The number of aromatic nitrogens is 4. The normalized spacial score (nSPS) is 11.0. The van der Waals surface area contributed by atoms with Gasteiger partial charge in [0.05, 0.1) is 18.3 Å². The molecule has 15 heavy (non-hydrogen) atoms. The molecule has 0 atom stereocenters. The summed E-state index contributed by atoms with van der Waals surface area (Å²) >= 11 is 0. The van der Waals surface area contributed by atoms with E-state index in [4.69, 9.17) is 5.11 Å². The van der Waals surface area contributed by atoms with Gasteiger partial charge in [0.1, 0.15) is 5.82 Å². The van der Waals surface area contributed by atoms with Crippen molar-refractivity contribution in [3.05, 3.63) is 17.7 Å². The number of imidazole rings is 1. The van der Waals surface area contributed by atoms with Gasteiger partial charge in [0.2, 0.25) is 0 Å². The Kier molecular flexibility index (Phi) is 2.40. The first-order chi connectivity index (χ1) is 7.19. The number of hydrogen-bond donors (Lipinski definition) is 2. The molecule has 0 aliphatic rings. The third-order valence-electron chi connectivity index (χ3n) is 2.15. The quantitative estimate of drug-likeness (QED) is 0.772. The van der Waals surface area contributed by atoms with Crippen molar-refractivity contribution < 1.29 is 9.90 Å². The van der Waals surface area contributed by atoms with Gasteiger partial charge in [0, 0.05) is 12.8 Å². The first-order valence-electron chi connectivity index (χ1n) is 4.83. The van der Waals surface area contributed by atoms with E-state index in [9.17, 15) is 4.79 Å². The third-order valence-corrected chi connectivity index (χ3v) is 2.15. The van der Waals surface area contributed by atoms with E-state index in [0.29, 0.717) is 12.2 Å². The maximum absolute atomic E-state index is 10.4. The van der Waals surface area contributed by atoms with E-state index in [0.717, 1.165) is 17.9 Å². The lowest BCUT2D eigenvalue weighted by Gasteiger charge is -1.90. The zero-order valence-electron chi connectivity index (χ0n) is 8.40. The van der Waals surface area contributed by atoms with Crippen molar-refractivity contribution >= 4 is 11.7 Å². The van der Waals surface area contributed by atoms with Crippen LogP contribution in [0, 0.1) is 0 Å². The maximum Gasteiger partial charge on any atom is 0.303 e. The standard InChI is InChI=1S/C9H12N4O2/c1-2-7-11-9-10-6(3-4-8(14)15)5-13(9)12-7/h5H,2-4H2,1H3,(H,14,15)(H,10,11,12). The highest BCUT2D eigenvalue weighted by Crippen LogP contribution is 2.05. The number of aliphatic carboxylic acids is 1. The number of carboxylic acid groups (broad SMARTS) is 1. The summed E-state index contributed by atoms with van der Waals surface area (Å²) in [5.41, 5.74) is 0.749. The molecule has 0 aliphatic heterocycles. The minimum Gasteiger partial charge on any atom is -0.481 e. The fraction of sp³-hybridized carbons (Fsp3) is 0.444. The van der Waals surface area contributed by atoms with Gasteiger partial charge in [-0.25, -0.2) is 9.50 Å². The Morgan fingerprint density at radius 3 is 3.00 bits per heavy atom. The largest absolute Gasteiger partial charge is 0.481 e. The Morgan fingerprint density at radius 1 is 1.60 bits per heavy atom. The second-order valence-electron chi connectivity index (χ2n) is 3.32. The molecule has 6 nitrogen and oxygen atoms in total. The molecule has 0 fully saturated rings. The fourth-order valence-electron chi connectivity index (χ4n) is 1.38. The predicted octanol–water partition coefficient (Wildman–Crippen LogP) is 0.637. The van der Waals surface area contributed by atoms with Gasteiger partial charge in [0.15, 0.2) is 0 Å². The molecular weight excluding hydrogens is 196 g/mol. The van der Waals surface area contributed by atoms with E-state index in [-0.39, 0.29) is 6.42 Å². The number of nitrogens with one attached hydrogen (secondary N) is 1. The summed E-state index contributed by atoms with van der Waals surface area (Å²) in [6, 6.07) is 0. The van der Waals surface area contributed by atoms with Crippen LogP contribution in [0.1, 0.15) is 24.9 Å². The van der Waals surface area contributed by atoms with Crippen LogP contribution in [0.15, 0.2) is 6.20 Å². The van der Waals surface area contributed by atoms with Gasteiger partial charge in [-0.05, 0) is 0 Å². The maximum atomic E-state index is 10.4. The molecular formula is C9H12N4O2. The average Bonchev–Trinajstić information content (AvgIpc) is 2.70. The number of aromatic amines is 1. The van der Waals surface area contributed by atoms with E-state index in [1.807, 2.05) is 6.92 Å². The van der Waals surface area contributed by atoms with Crippen LogP contribution in [0.5, 0.6) is 0 Å². The Morgan fingerprint density at radius 2 is 2.40 bits per heavy atom. The molecule has 2 N–H and O–H groups in total. The molecule has 0 saturated carbocycles. The molecule has 2 aromatic heterocycles. The minimum atomic E-state index is -0.811. The van der Waals surface area contributed by atoms with Crippen molar-refractivity contribution in [2.24, 2.45) is 0 Å². The van der Waals surface area contributed by atoms with Crippen LogP contribution in [-0.4, -0.2) is 30.7 Å². The highest BCUT2D eigenvalue weighted by Gasteiger charge is 2.07. The van der Waals surface area contributed by atoms with Crippen LogP contribution in [0.3, 0.4) is 0 Å². The number of rotatable bonds is 4. The van der Waals surface area contributed by atoms with Crippen LogP contribution in [0.25, 0.3) is 5.78 Å². The van der Waals surface area contributed by atoms with E-state index in [1.54, 1.807) is 10.7 Å². The van der Waals surface area contributed by atoms with Gasteiger partial charge in [-0.2, -0.15) is 4.98 Å². The van der Waals surface area contributed by atoms with Crippen molar-refractivity contribution in [1.29, 1.82) is 0 Å². The zero-order valence-corrected chi connectivity index (χ0v) is 8.40. The number of aryl methyl sites for hydroxylation is 2. The van der Waals surface area contributed by atoms with Crippen molar-refractivity contribution in [1.82, 2.24) is 19.6 Å². The zero-order chi connectivity index (χ0) is 10.8. The Bertz CT molecular complexity index is 454. The highest BCUT2D eigenvalue weighted by atomic mass is 16.4. The molecule has 0 aromatic carbocycles. The topological polar surface area (TPSA) is 83.3 Å². The molecule has 2 aromatic rings. The monoisotopic (exact) mass is 208 g/mol. The van der Waals surface area contributed by atoms with Crippen molar-refractivity contribution in [2.45, 2.75) is 26.2 Å². The van der Waals surface area contributed by atoms with Gasteiger partial charge in [-0.15, -0.1) is 0 Å². The number of carboxylic acids is 1. The second-order valence-corrected chi connectivity index (χ2v) is 3.32. The number of carbonyl (C=O) groups is 1. The molecule has 0 saturated heterocycles. The summed E-state index contributed by atoms with van der Waals surface area (Å²) in [5.74, 6) is 0.670. The summed E-state index contributed by atoms with van der Waals surface area (Å²) in [6.07, 6.45) is 3.15. The lowest BCUT2D eigenvalue weighted by Crippen LogP contribution is -1.97. The number of fused-ring (bicyclic) bond motifs is 1. The summed E-state index contributed by atoms with van der Waals surface area (Å²) in [4.78, 5) is 18.8. The molecule has 0 spiro atoms. The van der Waals surface area contributed by atoms with E-state index >= 15 is 0 Å². The molecule has 0 aliphatic carbocycles. The van der Waals surface area contributed by atoms with Gasteiger partial charge in [0.25, 0.3) is 5.78 Å². The third kappa shape index (κ3) is 1.98. The van der Waals surface area contributed by atoms with Crippen molar-refractivity contribution in [3.63, 3.8) is 0 Å². The van der Waals surface area contributed by atoms with Crippen molar-refractivity contribution in [2.75, 3.05) is 0 Å². The molecule has 2 rings (SSSR count). The Labute approximate surface area is 85.9 Å². The lowest BCUT2D eigenvalue weighted by atomic mass is 10.2. The van der Waals surface area contributed by atoms with Crippen LogP contribution in [-0.2, 0) is 17.6 Å².